The fourth-order valence-electron chi connectivity index (χ4n) is 2.42. The van der Waals surface area contributed by atoms with E-state index < -0.39 is 29.7 Å². The van der Waals surface area contributed by atoms with Gasteiger partial charge in [-0.1, -0.05) is 0 Å². The monoisotopic (exact) mass is 295 g/mol. The molecule has 21 heavy (non-hydrogen) atoms. The van der Waals surface area contributed by atoms with Gasteiger partial charge >= 0.3 is 5.69 Å². The number of nitrogens with one attached hydrogen (secondary N) is 3. The number of aromatic nitrogens is 4. The Morgan fingerprint density at radius 3 is 2.90 bits per heavy atom. The van der Waals surface area contributed by atoms with Crippen LogP contribution in [0.2, 0.25) is 0 Å². The summed E-state index contributed by atoms with van der Waals surface area (Å²) in [6, 6.07) is 0. The van der Waals surface area contributed by atoms with Crippen molar-refractivity contribution in [2.75, 3.05) is 6.61 Å². The van der Waals surface area contributed by atoms with E-state index in [0.29, 0.717) is 0 Å². The Morgan fingerprint density at radius 1 is 1.48 bits per heavy atom. The number of aromatic amines is 2. The molecule has 0 spiro atoms. The quantitative estimate of drug-likeness (QED) is 0.413. The van der Waals surface area contributed by atoms with Gasteiger partial charge in [-0.2, -0.15) is 0 Å². The highest BCUT2D eigenvalue weighted by atomic mass is 16.5. The molecule has 0 aromatic carbocycles. The molecule has 5 N–H and O–H groups in total. The number of aliphatic hydroxyl groups is 2. The van der Waals surface area contributed by atoms with Crippen molar-refractivity contribution < 1.29 is 14.9 Å². The van der Waals surface area contributed by atoms with E-state index in [9.17, 15) is 14.7 Å². The third-order valence-electron chi connectivity index (χ3n) is 3.37. The first-order valence-electron chi connectivity index (χ1n) is 6.23. The van der Waals surface area contributed by atoms with Gasteiger partial charge in [0, 0.05) is 6.42 Å². The van der Waals surface area contributed by atoms with Crippen LogP contribution in [0.1, 0.15) is 12.6 Å². The lowest BCUT2D eigenvalue weighted by atomic mass is 10.2. The molecule has 1 saturated heterocycles. The largest absolute Gasteiger partial charge is 0.394 e. The van der Waals surface area contributed by atoms with Crippen molar-refractivity contribution in [2.45, 2.75) is 24.9 Å². The van der Waals surface area contributed by atoms with Gasteiger partial charge in [0.2, 0.25) is 0 Å². The number of nitrogens with zero attached hydrogens (tertiary/aromatic N) is 2. The highest BCUT2D eigenvalue weighted by Crippen LogP contribution is 2.29. The van der Waals surface area contributed by atoms with Crippen molar-refractivity contribution >= 4 is 11.0 Å². The zero-order valence-corrected chi connectivity index (χ0v) is 10.7. The minimum Gasteiger partial charge on any atom is -0.394 e. The third kappa shape index (κ3) is 2.18. The van der Waals surface area contributed by atoms with Gasteiger partial charge in [0.15, 0.2) is 11.7 Å². The van der Waals surface area contributed by atoms with E-state index in [1.54, 1.807) is 0 Å². The SMILES string of the molecule is N=c1ncn([C@@H]2O[C@H](CO)C[C@H]2O)c2[nH]c(=O)[nH]c(=O)c12. The molecule has 10 heteroatoms. The molecule has 1 aliphatic heterocycles. The topological polar surface area (TPSA) is 157 Å². The van der Waals surface area contributed by atoms with Crippen molar-refractivity contribution in [3.05, 3.63) is 32.7 Å². The second-order valence-corrected chi connectivity index (χ2v) is 4.77. The van der Waals surface area contributed by atoms with Crippen LogP contribution >= 0.6 is 0 Å². The van der Waals surface area contributed by atoms with Gasteiger partial charge in [-0.05, 0) is 0 Å². The third-order valence-corrected chi connectivity index (χ3v) is 3.37. The maximum absolute atomic E-state index is 11.8. The van der Waals surface area contributed by atoms with Crippen LogP contribution in [0.3, 0.4) is 0 Å². The molecule has 0 amide bonds. The van der Waals surface area contributed by atoms with E-state index in [2.05, 4.69) is 9.97 Å². The first kappa shape index (κ1) is 13.7. The molecule has 112 valence electrons. The van der Waals surface area contributed by atoms with Crippen LogP contribution in [0, 0.1) is 5.41 Å². The predicted octanol–water partition coefficient (Wildman–Crippen LogP) is -2.47. The molecular weight excluding hydrogens is 282 g/mol. The summed E-state index contributed by atoms with van der Waals surface area (Å²) in [5.74, 6) is 0. The van der Waals surface area contributed by atoms with Crippen molar-refractivity contribution in [2.24, 2.45) is 0 Å². The van der Waals surface area contributed by atoms with Crippen LogP contribution in [-0.2, 0) is 4.74 Å². The van der Waals surface area contributed by atoms with E-state index in [1.165, 1.54) is 10.9 Å². The normalized spacial score (nSPS) is 25.5. The highest BCUT2D eigenvalue weighted by molar-refractivity contribution is 5.71. The molecule has 1 fully saturated rings. The van der Waals surface area contributed by atoms with E-state index in [1.807, 2.05) is 4.98 Å². The van der Waals surface area contributed by atoms with Crippen LogP contribution in [0.15, 0.2) is 15.9 Å². The second kappa shape index (κ2) is 4.91. The summed E-state index contributed by atoms with van der Waals surface area (Å²) in [7, 11) is 0. The molecule has 1 aliphatic rings. The molecule has 3 rings (SSSR count). The van der Waals surface area contributed by atoms with Gasteiger partial charge in [0.1, 0.15) is 23.5 Å². The molecule has 0 radical (unpaired) electrons. The number of aliphatic hydroxyl groups excluding tert-OH is 2. The molecule has 3 heterocycles. The smallest absolute Gasteiger partial charge is 0.327 e. The fourth-order valence-corrected chi connectivity index (χ4v) is 2.42. The first-order chi connectivity index (χ1) is 10.0. The summed E-state index contributed by atoms with van der Waals surface area (Å²) in [6.07, 6.45) is -0.969. The number of ether oxygens (including phenoxy) is 1. The summed E-state index contributed by atoms with van der Waals surface area (Å²) in [6.45, 7) is -0.257. The van der Waals surface area contributed by atoms with Crippen molar-refractivity contribution in [1.29, 1.82) is 5.41 Å². The Bertz CT molecular complexity index is 852. The molecule has 0 bridgehead atoms. The zero-order chi connectivity index (χ0) is 15.1. The molecular formula is C11H13N5O5. The fraction of sp³-hybridized carbons (Fsp3) is 0.455. The van der Waals surface area contributed by atoms with Crippen molar-refractivity contribution in [1.82, 2.24) is 19.5 Å². The summed E-state index contributed by atoms with van der Waals surface area (Å²) < 4.78 is 6.75. The van der Waals surface area contributed by atoms with Crippen LogP contribution in [0.4, 0.5) is 0 Å². The maximum Gasteiger partial charge on any atom is 0.327 e. The molecule has 0 aliphatic carbocycles. The number of hydrogen-bond acceptors (Lipinski definition) is 7. The summed E-state index contributed by atoms with van der Waals surface area (Å²) >= 11 is 0. The van der Waals surface area contributed by atoms with Crippen LogP contribution in [0.5, 0.6) is 0 Å². The van der Waals surface area contributed by atoms with Gasteiger partial charge < -0.3 is 14.9 Å². The van der Waals surface area contributed by atoms with Crippen molar-refractivity contribution in [3.8, 4) is 0 Å². The Hall–Kier alpha value is -2.30. The zero-order valence-electron chi connectivity index (χ0n) is 10.7. The Balaban J connectivity index is 2.25. The number of rotatable bonds is 2. The van der Waals surface area contributed by atoms with E-state index in [0.717, 1.165) is 0 Å². The molecule has 10 nitrogen and oxygen atoms in total. The maximum atomic E-state index is 11.8. The van der Waals surface area contributed by atoms with Crippen molar-refractivity contribution in [3.63, 3.8) is 0 Å². The van der Waals surface area contributed by atoms with Crippen LogP contribution < -0.4 is 16.7 Å². The number of hydrogen-bond donors (Lipinski definition) is 5. The predicted molar refractivity (Wildman–Crippen MR) is 68.4 cm³/mol. The van der Waals surface area contributed by atoms with E-state index >= 15 is 0 Å². The number of fused-ring (bicyclic) bond motifs is 1. The molecule has 3 atom stereocenters. The summed E-state index contributed by atoms with van der Waals surface area (Å²) in [5, 5.41) is 26.6. The lowest BCUT2D eigenvalue weighted by molar-refractivity contribution is -0.0492. The second-order valence-electron chi connectivity index (χ2n) is 4.77. The molecule has 0 unspecified atom stereocenters. The first-order valence-corrected chi connectivity index (χ1v) is 6.23. The van der Waals surface area contributed by atoms with Gasteiger partial charge in [0.25, 0.3) is 5.56 Å². The Labute approximate surface area is 116 Å². The minimum absolute atomic E-state index is 0.0337. The average Bonchev–Trinajstić information content (AvgIpc) is 2.79. The van der Waals surface area contributed by atoms with E-state index in [-0.39, 0.29) is 29.5 Å². The Morgan fingerprint density at radius 2 is 2.24 bits per heavy atom. The minimum atomic E-state index is -0.934. The molecule has 2 aromatic rings. The van der Waals surface area contributed by atoms with E-state index in [4.69, 9.17) is 15.3 Å². The summed E-state index contributed by atoms with van der Waals surface area (Å²) in [4.78, 5) is 31.4. The lowest BCUT2D eigenvalue weighted by Gasteiger charge is -2.19. The molecule has 2 aromatic heterocycles. The van der Waals surface area contributed by atoms with Gasteiger partial charge in [-0.15, -0.1) is 0 Å². The standard InChI is InChI=1S/C11H13N5O5/c12-7-6-8(14-11(20)15-9(6)19)16(3-13-7)10-5(18)1-4(2-17)21-10/h3-5,10,12,17-18H,1-2H2,(H2,14,15,19,20)/t4-,5+,10+/m0/s1. The van der Waals surface area contributed by atoms with Gasteiger partial charge in [-0.3, -0.25) is 24.7 Å². The molecule has 0 saturated carbocycles. The number of H-pyrrole nitrogens is 2. The Kier molecular flexibility index (Phi) is 3.20. The van der Waals surface area contributed by atoms with Gasteiger partial charge in [-0.25, -0.2) is 9.78 Å². The average molecular weight is 295 g/mol. The summed E-state index contributed by atoms with van der Waals surface area (Å²) in [5.41, 5.74) is -1.75. The lowest BCUT2D eigenvalue weighted by Crippen LogP contribution is -2.32. The van der Waals surface area contributed by atoms with Gasteiger partial charge in [0.05, 0.1) is 12.7 Å². The van der Waals surface area contributed by atoms with Crippen LogP contribution in [0.25, 0.3) is 11.0 Å². The highest BCUT2D eigenvalue weighted by Gasteiger charge is 2.35. The van der Waals surface area contributed by atoms with Crippen LogP contribution in [-0.4, -0.2) is 48.5 Å².